The Bertz CT molecular complexity index is 273. The van der Waals surface area contributed by atoms with E-state index in [9.17, 15) is 25.6 Å². The van der Waals surface area contributed by atoms with Gasteiger partial charge in [-0.1, -0.05) is 0 Å². The Morgan fingerprint density at radius 3 is 1.36 bits per heavy atom. The summed E-state index contributed by atoms with van der Waals surface area (Å²) in [6.07, 6.45) is 0. The predicted molar refractivity (Wildman–Crippen MR) is 31.9 cm³/mol. The predicted octanol–water partition coefficient (Wildman–Crippen LogP) is -0.896. The summed E-state index contributed by atoms with van der Waals surface area (Å²) in [6.45, 7) is 0. The Morgan fingerprint density at radius 2 is 1.18 bits per heavy atom. The van der Waals surface area contributed by atoms with Gasteiger partial charge in [-0.2, -0.15) is 0 Å². The Morgan fingerprint density at radius 1 is 0.909 bits per heavy atom. The maximum absolute atomic E-state index is 11.4. The standard InChI is InChI=1S/C2H4F2NO4S2/c3-1-10(6,7)5-11(8,9)2-4/h1-2H2. The summed E-state index contributed by atoms with van der Waals surface area (Å²) < 4.78 is 65.1. The normalized spacial score (nSPS) is 13.3. The van der Waals surface area contributed by atoms with Gasteiger partial charge >= 0.3 is 0 Å². The quantitative estimate of drug-likeness (QED) is 0.599. The van der Waals surface area contributed by atoms with E-state index >= 15 is 0 Å². The minimum Gasteiger partial charge on any atom is -0.232 e. The van der Waals surface area contributed by atoms with E-state index in [1.54, 1.807) is 0 Å². The van der Waals surface area contributed by atoms with Crippen molar-refractivity contribution < 1.29 is 25.6 Å². The zero-order chi connectivity index (χ0) is 9.12. The molecule has 11 heavy (non-hydrogen) atoms. The Kier molecular flexibility index (Phi) is 3.32. The lowest BCUT2D eigenvalue weighted by Gasteiger charge is -1.95. The van der Waals surface area contributed by atoms with Crippen LogP contribution in [0, 0.1) is 0 Å². The topological polar surface area (TPSA) is 82.4 Å². The molecule has 0 atom stereocenters. The second-order valence-corrected chi connectivity index (χ2v) is 4.82. The van der Waals surface area contributed by atoms with Crippen LogP contribution in [0.1, 0.15) is 0 Å². The Hall–Kier alpha value is -0.280. The van der Waals surface area contributed by atoms with E-state index in [1.807, 2.05) is 4.13 Å². The van der Waals surface area contributed by atoms with Crippen LogP contribution in [0.5, 0.6) is 0 Å². The fraction of sp³-hybridized carbons (Fsp3) is 1.00. The van der Waals surface area contributed by atoms with Crippen LogP contribution in [0.25, 0.3) is 0 Å². The molecule has 0 aliphatic rings. The van der Waals surface area contributed by atoms with E-state index in [-0.39, 0.29) is 0 Å². The molecule has 9 heteroatoms. The lowest BCUT2D eigenvalue weighted by Crippen LogP contribution is -2.25. The number of hydrogen-bond acceptors (Lipinski definition) is 4. The van der Waals surface area contributed by atoms with Crippen molar-refractivity contribution >= 4 is 20.0 Å². The van der Waals surface area contributed by atoms with Gasteiger partial charge in [0.25, 0.3) is 20.0 Å². The Labute approximate surface area is 62.5 Å². The second kappa shape index (κ2) is 3.41. The third-order valence-electron chi connectivity index (χ3n) is 0.503. The third-order valence-corrected chi connectivity index (χ3v) is 2.87. The molecular weight excluding hydrogens is 204 g/mol. The second-order valence-electron chi connectivity index (χ2n) is 1.46. The van der Waals surface area contributed by atoms with Crippen LogP contribution < -0.4 is 4.13 Å². The van der Waals surface area contributed by atoms with Crippen molar-refractivity contribution in [3.05, 3.63) is 0 Å². The number of halogens is 2. The highest BCUT2D eigenvalue weighted by Crippen LogP contribution is 1.94. The van der Waals surface area contributed by atoms with Crippen LogP contribution in [-0.2, 0) is 20.0 Å². The van der Waals surface area contributed by atoms with Crippen molar-refractivity contribution in [2.45, 2.75) is 0 Å². The molecule has 0 aliphatic heterocycles. The first-order valence-corrected chi connectivity index (χ1v) is 5.36. The fourth-order valence-corrected chi connectivity index (χ4v) is 1.92. The summed E-state index contributed by atoms with van der Waals surface area (Å²) in [5.41, 5.74) is 0. The van der Waals surface area contributed by atoms with Crippen LogP contribution >= 0.6 is 0 Å². The molecule has 0 saturated heterocycles. The van der Waals surface area contributed by atoms with Gasteiger partial charge in [-0.25, -0.2) is 25.6 Å². The summed E-state index contributed by atoms with van der Waals surface area (Å²) in [4.78, 5) is 0. The highest BCUT2D eigenvalue weighted by molar-refractivity contribution is 8.04. The van der Waals surface area contributed by atoms with Gasteiger partial charge in [0.15, 0.2) is 0 Å². The number of alkyl halides is 2. The SMILES string of the molecule is O=S(=O)(CF)[N]S(=O)(=O)CF. The lowest BCUT2D eigenvalue weighted by molar-refractivity contribution is 0.516. The van der Waals surface area contributed by atoms with Crippen molar-refractivity contribution in [3.8, 4) is 0 Å². The van der Waals surface area contributed by atoms with E-state index in [0.29, 0.717) is 0 Å². The van der Waals surface area contributed by atoms with Crippen LogP contribution in [0.4, 0.5) is 8.78 Å². The van der Waals surface area contributed by atoms with E-state index in [4.69, 9.17) is 0 Å². The average molecular weight is 208 g/mol. The van der Waals surface area contributed by atoms with Crippen molar-refractivity contribution in [2.24, 2.45) is 0 Å². The molecule has 0 unspecified atom stereocenters. The molecule has 0 amide bonds. The van der Waals surface area contributed by atoms with Crippen molar-refractivity contribution in [2.75, 3.05) is 12.0 Å². The lowest BCUT2D eigenvalue weighted by atomic mass is 11.8. The molecule has 67 valence electrons. The number of hydrogen-bond donors (Lipinski definition) is 0. The summed E-state index contributed by atoms with van der Waals surface area (Å²) in [5, 5.41) is 0. The molecular formula is C2H4F2NO4S2. The summed E-state index contributed by atoms with van der Waals surface area (Å²) in [7, 11) is -9.32. The zero-order valence-corrected chi connectivity index (χ0v) is 6.70. The molecule has 0 rings (SSSR count). The van der Waals surface area contributed by atoms with E-state index in [0.717, 1.165) is 0 Å². The minimum absolute atomic E-state index is 1.95. The summed E-state index contributed by atoms with van der Waals surface area (Å²) >= 11 is 0. The first kappa shape index (κ1) is 10.7. The molecule has 0 N–H and O–H groups in total. The molecule has 0 aromatic carbocycles. The molecule has 0 saturated carbocycles. The highest BCUT2D eigenvalue weighted by atomic mass is 32.3. The van der Waals surface area contributed by atoms with Crippen molar-refractivity contribution in [1.29, 1.82) is 0 Å². The van der Waals surface area contributed by atoms with Gasteiger partial charge in [-0.05, 0) is 0 Å². The Balaban J connectivity index is 4.54. The molecule has 0 bridgehead atoms. The van der Waals surface area contributed by atoms with Crippen LogP contribution in [0.15, 0.2) is 0 Å². The first-order chi connectivity index (χ1) is 4.83. The van der Waals surface area contributed by atoms with Gasteiger partial charge < -0.3 is 0 Å². The maximum atomic E-state index is 11.4. The third kappa shape index (κ3) is 4.22. The number of nitrogens with zero attached hydrogens (tertiary/aromatic N) is 1. The van der Waals surface area contributed by atoms with Crippen LogP contribution in [-0.4, -0.2) is 28.8 Å². The van der Waals surface area contributed by atoms with Crippen molar-refractivity contribution in [1.82, 2.24) is 4.13 Å². The average Bonchev–Trinajstić information content (AvgIpc) is 1.86. The van der Waals surface area contributed by atoms with Crippen LogP contribution in [0.3, 0.4) is 0 Å². The molecule has 0 spiro atoms. The van der Waals surface area contributed by atoms with Gasteiger partial charge in [-0.15, -0.1) is 0 Å². The summed E-state index contributed by atoms with van der Waals surface area (Å²) in [5.74, 6) is 0. The minimum atomic E-state index is -4.66. The monoisotopic (exact) mass is 208 g/mol. The van der Waals surface area contributed by atoms with Crippen LogP contribution in [0.2, 0.25) is 0 Å². The first-order valence-electron chi connectivity index (χ1n) is 2.14. The fourth-order valence-electron chi connectivity index (χ4n) is 0.213. The number of sulfonamides is 2. The zero-order valence-electron chi connectivity index (χ0n) is 5.07. The van der Waals surface area contributed by atoms with E-state index < -0.39 is 32.1 Å². The van der Waals surface area contributed by atoms with Gasteiger partial charge in [0.05, 0.1) is 0 Å². The molecule has 0 aliphatic carbocycles. The number of rotatable bonds is 4. The van der Waals surface area contributed by atoms with Gasteiger partial charge in [-0.3, -0.25) is 0 Å². The maximum Gasteiger partial charge on any atom is 0.272 e. The molecule has 0 heterocycles. The van der Waals surface area contributed by atoms with Gasteiger partial charge in [0, 0.05) is 4.13 Å². The molecule has 0 fully saturated rings. The largest absolute Gasteiger partial charge is 0.272 e. The molecule has 5 nitrogen and oxygen atoms in total. The highest BCUT2D eigenvalue weighted by Gasteiger charge is 2.22. The van der Waals surface area contributed by atoms with E-state index in [1.165, 1.54) is 0 Å². The van der Waals surface area contributed by atoms with Crippen molar-refractivity contribution in [3.63, 3.8) is 0 Å². The molecule has 0 aromatic rings. The van der Waals surface area contributed by atoms with Gasteiger partial charge in [0.2, 0.25) is 12.0 Å². The molecule has 0 aromatic heterocycles. The smallest absolute Gasteiger partial charge is 0.232 e. The van der Waals surface area contributed by atoms with Gasteiger partial charge in [0.1, 0.15) is 0 Å². The molecule has 1 radical (unpaired) electrons. The van der Waals surface area contributed by atoms with E-state index in [2.05, 4.69) is 0 Å². The summed E-state index contributed by atoms with van der Waals surface area (Å²) in [6, 6.07) is -3.90.